The summed E-state index contributed by atoms with van der Waals surface area (Å²) in [7, 11) is -1.41. The third kappa shape index (κ3) is 4.52. The third-order valence-electron chi connectivity index (χ3n) is 2.98. The van der Waals surface area contributed by atoms with Crippen LogP contribution in [0, 0.1) is 0 Å². The number of sulfone groups is 1. The molecule has 1 unspecified atom stereocenters. The van der Waals surface area contributed by atoms with Crippen molar-refractivity contribution in [2.45, 2.75) is 24.8 Å². The van der Waals surface area contributed by atoms with Gasteiger partial charge >= 0.3 is 0 Å². The van der Waals surface area contributed by atoms with E-state index in [1.54, 1.807) is 36.2 Å². The fourth-order valence-corrected chi connectivity index (χ4v) is 2.12. The topological polar surface area (TPSA) is 54.5 Å². The van der Waals surface area contributed by atoms with Gasteiger partial charge in [-0.15, -0.1) is 0 Å². The number of carbonyl (C=O) groups excluding carboxylic acids is 1. The van der Waals surface area contributed by atoms with Crippen molar-refractivity contribution < 1.29 is 13.2 Å². The van der Waals surface area contributed by atoms with Crippen molar-refractivity contribution >= 4 is 21.8 Å². The van der Waals surface area contributed by atoms with Crippen molar-refractivity contribution in [3.8, 4) is 0 Å². The predicted molar refractivity (Wildman–Crippen MR) is 76.5 cm³/mol. The molecule has 0 aliphatic heterocycles. The van der Waals surface area contributed by atoms with E-state index in [9.17, 15) is 13.2 Å². The van der Waals surface area contributed by atoms with Crippen LogP contribution in [0.2, 0.25) is 0 Å². The van der Waals surface area contributed by atoms with Gasteiger partial charge in [0.05, 0.1) is 4.90 Å². The molecule has 1 rings (SSSR count). The lowest BCUT2D eigenvalue weighted by Crippen LogP contribution is -2.31. The van der Waals surface area contributed by atoms with E-state index in [-0.39, 0.29) is 11.9 Å². The molecule has 0 radical (unpaired) electrons. The van der Waals surface area contributed by atoms with Crippen LogP contribution in [0.3, 0.4) is 0 Å². The third-order valence-corrected chi connectivity index (χ3v) is 4.11. The number of likely N-dealkylation sites (N-methyl/N-ethyl adjacent to an activating group) is 1. The van der Waals surface area contributed by atoms with Gasteiger partial charge in [-0.2, -0.15) is 0 Å². The van der Waals surface area contributed by atoms with Crippen molar-refractivity contribution in [3.05, 3.63) is 35.9 Å². The van der Waals surface area contributed by atoms with E-state index < -0.39 is 9.84 Å². The first-order chi connectivity index (χ1) is 8.71. The Bertz CT molecular complexity index is 573. The molecule has 1 aromatic carbocycles. The van der Waals surface area contributed by atoms with Crippen molar-refractivity contribution in [1.29, 1.82) is 0 Å². The van der Waals surface area contributed by atoms with E-state index in [2.05, 4.69) is 0 Å². The van der Waals surface area contributed by atoms with Gasteiger partial charge in [0, 0.05) is 26.3 Å². The van der Waals surface area contributed by atoms with E-state index in [4.69, 9.17) is 0 Å². The Morgan fingerprint density at radius 2 is 1.79 bits per heavy atom. The summed E-state index contributed by atoms with van der Waals surface area (Å²) in [6.45, 7) is 3.44. The van der Waals surface area contributed by atoms with Crippen molar-refractivity contribution in [3.63, 3.8) is 0 Å². The van der Waals surface area contributed by atoms with Gasteiger partial charge in [0.25, 0.3) is 0 Å². The number of benzene rings is 1. The van der Waals surface area contributed by atoms with Gasteiger partial charge in [-0.1, -0.05) is 24.3 Å². The molecule has 0 saturated carbocycles. The molecule has 0 bridgehead atoms. The van der Waals surface area contributed by atoms with Crippen LogP contribution < -0.4 is 0 Å². The summed E-state index contributed by atoms with van der Waals surface area (Å²) in [4.78, 5) is 13.1. The van der Waals surface area contributed by atoms with Crippen LogP contribution in [-0.4, -0.2) is 38.6 Å². The normalized spacial score (nSPS) is 13.5. The fourth-order valence-electron chi connectivity index (χ4n) is 1.49. The molecule has 0 aliphatic rings. The standard InChI is InChI=1S/C14H19NO3S/c1-11(15(3)12(2)16)5-6-13-7-9-14(10-8-13)19(4,17)18/h5-11H,1-4H3/b6-5+. The number of rotatable bonds is 4. The van der Waals surface area contributed by atoms with Crippen molar-refractivity contribution in [1.82, 2.24) is 4.90 Å². The van der Waals surface area contributed by atoms with E-state index in [0.29, 0.717) is 4.90 Å². The summed E-state index contributed by atoms with van der Waals surface area (Å²) in [6.07, 6.45) is 4.95. The lowest BCUT2D eigenvalue weighted by molar-refractivity contribution is -0.128. The van der Waals surface area contributed by atoms with E-state index in [1.807, 2.05) is 19.1 Å². The molecule has 104 valence electrons. The summed E-state index contributed by atoms with van der Waals surface area (Å²) < 4.78 is 22.6. The second kappa shape index (κ2) is 6.02. The fraction of sp³-hybridized carbons (Fsp3) is 0.357. The zero-order valence-corrected chi connectivity index (χ0v) is 12.4. The second-order valence-electron chi connectivity index (χ2n) is 4.57. The highest BCUT2D eigenvalue weighted by molar-refractivity contribution is 7.90. The molecule has 1 amide bonds. The van der Waals surface area contributed by atoms with Crippen LogP contribution >= 0.6 is 0 Å². The molecule has 19 heavy (non-hydrogen) atoms. The van der Waals surface area contributed by atoms with Gasteiger partial charge in [-0.05, 0) is 24.6 Å². The van der Waals surface area contributed by atoms with Gasteiger partial charge < -0.3 is 4.90 Å². The number of hydrogen-bond acceptors (Lipinski definition) is 3. The Morgan fingerprint density at radius 3 is 2.21 bits per heavy atom. The van der Waals surface area contributed by atoms with E-state index in [0.717, 1.165) is 5.56 Å². The zero-order valence-electron chi connectivity index (χ0n) is 11.6. The van der Waals surface area contributed by atoms with Crippen LogP contribution in [0.15, 0.2) is 35.2 Å². The molecule has 0 aliphatic carbocycles. The average molecular weight is 281 g/mol. The summed E-state index contributed by atoms with van der Waals surface area (Å²) >= 11 is 0. The lowest BCUT2D eigenvalue weighted by Gasteiger charge is -2.20. The zero-order chi connectivity index (χ0) is 14.6. The van der Waals surface area contributed by atoms with Crippen molar-refractivity contribution in [2.24, 2.45) is 0 Å². The molecule has 0 spiro atoms. The summed E-state index contributed by atoms with van der Waals surface area (Å²) in [5, 5.41) is 0. The molecule has 1 aromatic rings. The van der Waals surface area contributed by atoms with E-state index >= 15 is 0 Å². The quantitative estimate of drug-likeness (QED) is 0.848. The van der Waals surface area contributed by atoms with Crippen molar-refractivity contribution in [2.75, 3.05) is 13.3 Å². The highest BCUT2D eigenvalue weighted by Crippen LogP contribution is 2.12. The first-order valence-electron chi connectivity index (χ1n) is 5.93. The van der Waals surface area contributed by atoms with Gasteiger partial charge in [-0.3, -0.25) is 4.79 Å². The minimum Gasteiger partial charge on any atom is -0.340 e. The minimum atomic E-state index is -3.15. The molecule has 0 N–H and O–H groups in total. The van der Waals surface area contributed by atoms with Gasteiger partial charge in [0.1, 0.15) is 0 Å². The van der Waals surface area contributed by atoms with Crippen LogP contribution in [0.1, 0.15) is 19.4 Å². The SMILES string of the molecule is CC(=O)N(C)C(C)/C=C/c1ccc(S(C)(=O)=O)cc1. The molecule has 0 heterocycles. The molecule has 5 heteroatoms. The number of carbonyl (C=O) groups is 1. The maximum atomic E-state index is 11.3. The summed E-state index contributed by atoms with van der Waals surface area (Å²) in [5.74, 6) is 0.00424. The Labute approximate surface area is 114 Å². The molecule has 1 atom stereocenters. The Balaban J connectivity index is 2.81. The highest BCUT2D eigenvalue weighted by atomic mass is 32.2. The second-order valence-corrected chi connectivity index (χ2v) is 6.59. The largest absolute Gasteiger partial charge is 0.340 e. The van der Waals surface area contributed by atoms with Crippen LogP contribution in [-0.2, 0) is 14.6 Å². The maximum Gasteiger partial charge on any atom is 0.219 e. The molecular weight excluding hydrogens is 262 g/mol. The lowest BCUT2D eigenvalue weighted by atomic mass is 10.1. The summed E-state index contributed by atoms with van der Waals surface area (Å²) in [5.41, 5.74) is 0.899. The molecular formula is C14H19NO3S. The highest BCUT2D eigenvalue weighted by Gasteiger charge is 2.08. The molecule has 0 aromatic heterocycles. The predicted octanol–water partition coefficient (Wildman–Crippen LogP) is 1.97. The molecule has 0 fully saturated rings. The first-order valence-corrected chi connectivity index (χ1v) is 7.82. The van der Waals surface area contributed by atoms with E-state index in [1.165, 1.54) is 13.2 Å². The van der Waals surface area contributed by atoms with Crippen LogP contribution in [0.4, 0.5) is 0 Å². The summed E-state index contributed by atoms with van der Waals surface area (Å²) in [6, 6.07) is 6.63. The maximum absolute atomic E-state index is 11.3. The monoisotopic (exact) mass is 281 g/mol. The Kier molecular flexibility index (Phi) is 4.89. The number of nitrogens with zero attached hydrogens (tertiary/aromatic N) is 1. The molecule has 0 saturated heterocycles. The van der Waals surface area contributed by atoms with Gasteiger partial charge in [0.15, 0.2) is 9.84 Å². The Hall–Kier alpha value is -1.62. The Morgan fingerprint density at radius 1 is 1.26 bits per heavy atom. The average Bonchev–Trinajstić information content (AvgIpc) is 2.34. The van der Waals surface area contributed by atoms with Gasteiger partial charge in [0.2, 0.25) is 5.91 Å². The first kappa shape index (κ1) is 15.4. The number of hydrogen-bond donors (Lipinski definition) is 0. The molecule has 4 nitrogen and oxygen atoms in total. The minimum absolute atomic E-state index is 0.00424. The smallest absolute Gasteiger partial charge is 0.219 e. The van der Waals surface area contributed by atoms with Crippen LogP contribution in [0.5, 0.6) is 0 Å². The van der Waals surface area contributed by atoms with Gasteiger partial charge in [-0.25, -0.2) is 8.42 Å². The number of amides is 1. The van der Waals surface area contributed by atoms with Crippen LogP contribution in [0.25, 0.3) is 6.08 Å².